The fourth-order valence-electron chi connectivity index (χ4n) is 1.84. The molecule has 1 amide bonds. The van der Waals surface area contributed by atoms with E-state index >= 15 is 0 Å². The Bertz CT molecular complexity index is 646. The van der Waals surface area contributed by atoms with E-state index in [1.807, 2.05) is 13.0 Å². The van der Waals surface area contributed by atoms with Crippen LogP contribution < -0.4 is 5.32 Å². The smallest absolute Gasteiger partial charge is 0.328 e. The maximum atomic E-state index is 12.0. The number of hydrogen-bond donors (Lipinski definition) is 2. The number of carbonyl (C=O) groups excluding carboxylic acids is 1. The van der Waals surface area contributed by atoms with Gasteiger partial charge in [0.1, 0.15) is 11.7 Å². The standard InChI is InChI=1S/C13H17N5O3/c1-3-17-10(4-6-15-17)8-14-12(19)11-5-7-18(16-11)9(2)13(20)21/h4-7,9H,3,8H2,1-2H3,(H,14,19)(H,20,21). The minimum Gasteiger partial charge on any atom is -0.480 e. The minimum atomic E-state index is -1.00. The van der Waals surface area contributed by atoms with E-state index in [0.29, 0.717) is 6.54 Å². The lowest BCUT2D eigenvalue weighted by atomic mass is 10.3. The van der Waals surface area contributed by atoms with Crippen molar-refractivity contribution in [1.82, 2.24) is 24.9 Å². The van der Waals surface area contributed by atoms with Crippen molar-refractivity contribution in [2.45, 2.75) is 33.0 Å². The Labute approximate surface area is 121 Å². The van der Waals surface area contributed by atoms with Gasteiger partial charge in [0, 0.05) is 18.9 Å². The third-order valence-electron chi connectivity index (χ3n) is 3.13. The molecule has 2 aromatic rings. The quantitative estimate of drug-likeness (QED) is 0.814. The van der Waals surface area contributed by atoms with E-state index < -0.39 is 12.0 Å². The molecule has 2 rings (SSSR count). The van der Waals surface area contributed by atoms with Gasteiger partial charge >= 0.3 is 5.97 Å². The van der Waals surface area contributed by atoms with Crippen LogP contribution in [0.5, 0.6) is 0 Å². The van der Waals surface area contributed by atoms with E-state index in [9.17, 15) is 9.59 Å². The minimum absolute atomic E-state index is 0.186. The highest BCUT2D eigenvalue weighted by molar-refractivity contribution is 5.92. The Balaban J connectivity index is 1.99. The van der Waals surface area contributed by atoms with Gasteiger partial charge in [0.25, 0.3) is 5.91 Å². The van der Waals surface area contributed by atoms with E-state index in [4.69, 9.17) is 5.11 Å². The Morgan fingerprint density at radius 3 is 2.86 bits per heavy atom. The number of carboxylic acid groups (broad SMARTS) is 1. The first kappa shape index (κ1) is 14.8. The Morgan fingerprint density at radius 2 is 2.19 bits per heavy atom. The Hall–Kier alpha value is -2.64. The average Bonchev–Trinajstić information content (AvgIpc) is 3.12. The van der Waals surface area contributed by atoms with Gasteiger partial charge in [-0.15, -0.1) is 0 Å². The molecule has 8 heteroatoms. The molecule has 2 N–H and O–H groups in total. The van der Waals surface area contributed by atoms with Gasteiger partial charge < -0.3 is 10.4 Å². The van der Waals surface area contributed by atoms with Gasteiger partial charge in [-0.05, 0) is 26.0 Å². The molecule has 112 valence electrons. The number of hydrogen-bond acceptors (Lipinski definition) is 4. The van der Waals surface area contributed by atoms with Crippen molar-refractivity contribution in [3.63, 3.8) is 0 Å². The summed E-state index contributed by atoms with van der Waals surface area (Å²) in [6, 6.07) is 2.51. The number of aryl methyl sites for hydroxylation is 1. The van der Waals surface area contributed by atoms with Crippen molar-refractivity contribution in [2.75, 3.05) is 0 Å². The predicted octanol–water partition coefficient (Wildman–Crippen LogP) is 0.675. The molecule has 0 aliphatic rings. The first-order valence-electron chi connectivity index (χ1n) is 6.59. The van der Waals surface area contributed by atoms with Crippen molar-refractivity contribution in [2.24, 2.45) is 0 Å². The van der Waals surface area contributed by atoms with Crippen LogP contribution in [0.1, 0.15) is 36.1 Å². The van der Waals surface area contributed by atoms with Gasteiger partial charge in [0.2, 0.25) is 0 Å². The molecule has 0 fully saturated rings. The summed E-state index contributed by atoms with van der Waals surface area (Å²) in [4.78, 5) is 22.8. The van der Waals surface area contributed by atoms with Crippen molar-refractivity contribution in [1.29, 1.82) is 0 Å². The molecule has 0 spiro atoms. The molecule has 2 aromatic heterocycles. The fraction of sp³-hybridized carbons (Fsp3) is 0.385. The van der Waals surface area contributed by atoms with Gasteiger partial charge in [-0.3, -0.25) is 14.2 Å². The molecule has 8 nitrogen and oxygen atoms in total. The Morgan fingerprint density at radius 1 is 1.43 bits per heavy atom. The van der Waals surface area contributed by atoms with Crippen LogP contribution in [0.3, 0.4) is 0 Å². The van der Waals surface area contributed by atoms with Gasteiger partial charge in [-0.25, -0.2) is 4.79 Å². The summed E-state index contributed by atoms with van der Waals surface area (Å²) in [5.74, 6) is -1.35. The predicted molar refractivity (Wildman–Crippen MR) is 73.6 cm³/mol. The largest absolute Gasteiger partial charge is 0.480 e. The molecule has 0 radical (unpaired) electrons. The summed E-state index contributed by atoms with van der Waals surface area (Å²) in [5, 5.41) is 19.7. The van der Waals surface area contributed by atoms with Crippen LogP contribution in [0.4, 0.5) is 0 Å². The SMILES string of the molecule is CCn1nccc1CNC(=O)c1ccn(C(C)C(=O)O)n1. The molecule has 1 atom stereocenters. The topological polar surface area (TPSA) is 102 Å². The number of carbonyl (C=O) groups is 2. The summed E-state index contributed by atoms with van der Waals surface area (Å²) in [7, 11) is 0. The summed E-state index contributed by atoms with van der Waals surface area (Å²) in [5.41, 5.74) is 1.08. The van der Waals surface area contributed by atoms with E-state index in [-0.39, 0.29) is 11.6 Å². The van der Waals surface area contributed by atoms with Crippen LogP contribution in [0.2, 0.25) is 0 Å². The molecule has 1 unspecified atom stereocenters. The molecule has 0 saturated carbocycles. The molecule has 0 bridgehead atoms. The maximum absolute atomic E-state index is 12.0. The molecular weight excluding hydrogens is 274 g/mol. The zero-order chi connectivity index (χ0) is 15.4. The second-order valence-electron chi connectivity index (χ2n) is 4.52. The molecule has 0 saturated heterocycles. The van der Waals surface area contributed by atoms with Crippen LogP contribution in [0.25, 0.3) is 0 Å². The monoisotopic (exact) mass is 291 g/mol. The van der Waals surface area contributed by atoms with Crippen LogP contribution >= 0.6 is 0 Å². The van der Waals surface area contributed by atoms with Crippen LogP contribution in [-0.2, 0) is 17.9 Å². The lowest BCUT2D eigenvalue weighted by Gasteiger charge is -2.07. The number of rotatable bonds is 6. The molecule has 0 aliphatic heterocycles. The third-order valence-corrected chi connectivity index (χ3v) is 3.13. The van der Waals surface area contributed by atoms with Crippen molar-refractivity contribution in [3.8, 4) is 0 Å². The molecule has 0 aromatic carbocycles. The first-order chi connectivity index (χ1) is 10.0. The maximum Gasteiger partial charge on any atom is 0.328 e. The number of aliphatic carboxylic acids is 1. The van der Waals surface area contributed by atoms with Crippen LogP contribution in [0.15, 0.2) is 24.5 Å². The lowest BCUT2D eigenvalue weighted by Crippen LogP contribution is -2.25. The second kappa shape index (κ2) is 6.21. The normalized spacial score (nSPS) is 12.1. The fourth-order valence-corrected chi connectivity index (χ4v) is 1.84. The lowest BCUT2D eigenvalue weighted by molar-refractivity contribution is -0.140. The summed E-state index contributed by atoms with van der Waals surface area (Å²) in [6.07, 6.45) is 3.15. The first-order valence-corrected chi connectivity index (χ1v) is 6.59. The van der Waals surface area contributed by atoms with E-state index in [1.165, 1.54) is 23.9 Å². The van der Waals surface area contributed by atoms with Crippen LogP contribution in [0, 0.1) is 0 Å². The zero-order valence-electron chi connectivity index (χ0n) is 11.9. The van der Waals surface area contributed by atoms with Crippen LogP contribution in [-0.4, -0.2) is 36.5 Å². The Kier molecular flexibility index (Phi) is 4.36. The van der Waals surface area contributed by atoms with Crippen molar-refractivity contribution < 1.29 is 14.7 Å². The number of nitrogens with one attached hydrogen (secondary N) is 1. The van der Waals surface area contributed by atoms with Crippen molar-refractivity contribution >= 4 is 11.9 Å². The number of aromatic nitrogens is 4. The van der Waals surface area contributed by atoms with Gasteiger partial charge in [-0.2, -0.15) is 10.2 Å². The van der Waals surface area contributed by atoms with E-state index in [0.717, 1.165) is 12.2 Å². The van der Waals surface area contributed by atoms with Gasteiger partial charge in [0.15, 0.2) is 0 Å². The second-order valence-corrected chi connectivity index (χ2v) is 4.52. The summed E-state index contributed by atoms with van der Waals surface area (Å²) in [6.45, 7) is 4.53. The van der Waals surface area contributed by atoms with Gasteiger partial charge in [0.05, 0.1) is 12.2 Å². The highest BCUT2D eigenvalue weighted by atomic mass is 16.4. The van der Waals surface area contributed by atoms with E-state index in [2.05, 4.69) is 15.5 Å². The third kappa shape index (κ3) is 3.28. The molecular formula is C13H17N5O3. The molecule has 2 heterocycles. The zero-order valence-corrected chi connectivity index (χ0v) is 11.9. The van der Waals surface area contributed by atoms with E-state index in [1.54, 1.807) is 10.9 Å². The molecule has 21 heavy (non-hydrogen) atoms. The highest BCUT2D eigenvalue weighted by Gasteiger charge is 2.16. The average molecular weight is 291 g/mol. The highest BCUT2D eigenvalue weighted by Crippen LogP contribution is 2.06. The summed E-state index contributed by atoms with van der Waals surface area (Å²) >= 11 is 0. The number of amides is 1. The summed E-state index contributed by atoms with van der Waals surface area (Å²) < 4.78 is 3.03. The van der Waals surface area contributed by atoms with Crippen molar-refractivity contribution in [3.05, 3.63) is 35.9 Å². The van der Waals surface area contributed by atoms with Gasteiger partial charge in [-0.1, -0.05) is 0 Å². The molecule has 0 aliphatic carbocycles. The number of carboxylic acids is 1. The number of nitrogens with zero attached hydrogens (tertiary/aromatic N) is 4.